The van der Waals surface area contributed by atoms with Crippen molar-refractivity contribution in [3.8, 4) is 0 Å². The molecule has 0 aliphatic carbocycles. The van der Waals surface area contributed by atoms with Gasteiger partial charge in [-0.25, -0.2) is 0 Å². The summed E-state index contributed by atoms with van der Waals surface area (Å²) in [5.41, 5.74) is 2.91. The highest BCUT2D eigenvalue weighted by Crippen LogP contribution is 2.22. The smallest absolute Gasteiger partial charge is 0.0949 e. The lowest BCUT2D eigenvalue weighted by Crippen LogP contribution is -2.37. The van der Waals surface area contributed by atoms with E-state index in [9.17, 15) is 0 Å². The fourth-order valence-corrected chi connectivity index (χ4v) is 2.46. The SMILES string of the molecule is C[N+]1(C)C=C(Cc2ccc(Cl)cc2)CCC1. The van der Waals surface area contributed by atoms with E-state index in [0.29, 0.717) is 0 Å². The van der Waals surface area contributed by atoms with Gasteiger partial charge in [-0.1, -0.05) is 23.7 Å². The van der Waals surface area contributed by atoms with Crippen LogP contribution in [0.4, 0.5) is 0 Å². The van der Waals surface area contributed by atoms with Crippen LogP contribution in [-0.2, 0) is 6.42 Å². The molecule has 2 heteroatoms. The van der Waals surface area contributed by atoms with Crippen molar-refractivity contribution in [2.75, 3.05) is 20.6 Å². The van der Waals surface area contributed by atoms with E-state index in [0.717, 1.165) is 15.9 Å². The quantitative estimate of drug-likeness (QED) is 0.688. The van der Waals surface area contributed by atoms with Crippen LogP contribution in [-0.4, -0.2) is 25.1 Å². The molecule has 0 radical (unpaired) electrons. The molecule has 0 N–H and O–H groups in total. The van der Waals surface area contributed by atoms with Crippen molar-refractivity contribution in [2.24, 2.45) is 0 Å². The lowest BCUT2D eigenvalue weighted by Gasteiger charge is -2.30. The second kappa shape index (κ2) is 4.60. The van der Waals surface area contributed by atoms with E-state index in [-0.39, 0.29) is 0 Å². The third-order valence-corrected chi connectivity index (χ3v) is 3.36. The van der Waals surface area contributed by atoms with Crippen LogP contribution in [0.15, 0.2) is 36.0 Å². The van der Waals surface area contributed by atoms with Crippen LogP contribution in [0.3, 0.4) is 0 Å². The van der Waals surface area contributed by atoms with Crippen LogP contribution in [0.1, 0.15) is 18.4 Å². The number of nitrogens with zero attached hydrogens (tertiary/aromatic N) is 1. The normalized spacial score (nSPS) is 19.3. The first-order valence-corrected chi connectivity index (χ1v) is 6.21. The van der Waals surface area contributed by atoms with Crippen LogP contribution in [0, 0.1) is 0 Å². The van der Waals surface area contributed by atoms with Crippen molar-refractivity contribution in [1.82, 2.24) is 0 Å². The summed E-state index contributed by atoms with van der Waals surface area (Å²) in [5, 5.41) is 0.817. The highest BCUT2D eigenvalue weighted by atomic mass is 35.5. The maximum atomic E-state index is 5.88. The largest absolute Gasteiger partial charge is 0.302 e. The van der Waals surface area contributed by atoms with Crippen molar-refractivity contribution in [1.29, 1.82) is 0 Å². The second-order valence-corrected chi connectivity index (χ2v) is 5.63. The van der Waals surface area contributed by atoms with Gasteiger partial charge in [-0.3, -0.25) is 0 Å². The highest BCUT2D eigenvalue weighted by Gasteiger charge is 2.19. The summed E-state index contributed by atoms with van der Waals surface area (Å²) in [4.78, 5) is 0. The Labute approximate surface area is 103 Å². The van der Waals surface area contributed by atoms with Crippen LogP contribution in [0.5, 0.6) is 0 Å². The molecule has 0 bridgehead atoms. The fraction of sp³-hybridized carbons (Fsp3) is 0.429. The Morgan fingerprint density at radius 3 is 2.50 bits per heavy atom. The summed E-state index contributed by atoms with van der Waals surface area (Å²) < 4.78 is 1.02. The average Bonchev–Trinajstić information content (AvgIpc) is 2.20. The van der Waals surface area contributed by atoms with E-state index in [1.54, 1.807) is 5.57 Å². The second-order valence-electron chi connectivity index (χ2n) is 5.20. The number of benzene rings is 1. The van der Waals surface area contributed by atoms with E-state index in [4.69, 9.17) is 11.6 Å². The Morgan fingerprint density at radius 1 is 1.19 bits per heavy atom. The van der Waals surface area contributed by atoms with Crippen LogP contribution < -0.4 is 0 Å². The number of quaternary nitrogens is 1. The minimum absolute atomic E-state index is 0.817. The predicted octanol–water partition coefficient (Wildman–Crippen LogP) is 3.64. The summed E-state index contributed by atoms with van der Waals surface area (Å²) in [5.74, 6) is 0. The van der Waals surface area contributed by atoms with Crippen LogP contribution in [0.25, 0.3) is 0 Å². The third-order valence-electron chi connectivity index (χ3n) is 3.11. The highest BCUT2D eigenvalue weighted by molar-refractivity contribution is 6.30. The maximum absolute atomic E-state index is 5.88. The summed E-state index contributed by atoms with van der Waals surface area (Å²) in [6, 6.07) is 8.19. The predicted molar refractivity (Wildman–Crippen MR) is 69.4 cm³/mol. The van der Waals surface area contributed by atoms with Crippen molar-refractivity contribution in [2.45, 2.75) is 19.3 Å². The molecule has 1 aromatic carbocycles. The molecule has 2 rings (SSSR count). The number of allylic oxidation sites excluding steroid dienone is 1. The van der Waals surface area contributed by atoms with Gasteiger partial charge in [-0.15, -0.1) is 0 Å². The van der Waals surface area contributed by atoms with Crippen molar-refractivity contribution in [3.05, 3.63) is 46.6 Å². The Bertz CT molecular complexity index is 390. The van der Waals surface area contributed by atoms with E-state index in [1.807, 2.05) is 12.1 Å². The first-order chi connectivity index (χ1) is 7.55. The van der Waals surface area contributed by atoms with Gasteiger partial charge in [0.15, 0.2) is 0 Å². The molecule has 1 nitrogen and oxygen atoms in total. The molecule has 1 aromatic rings. The van der Waals surface area contributed by atoms with Crippen molar-refractivity contribution in [3.63, 3.8) is 0 Å². The zero-order chi connectivity index (χ0) is 11.6. The molecule has 0 spiro atoms. The van der Waals surface area contributed by atoms with E-state index < -0.39 is 0 Å². The minimum Gasteiger partial charge on any atom is -0.302 e. The summed E-state index contributed by atoms with van der Waals surface area (Å²) >= 11 is 5.88. The van der Waals surface area contributed by atoms with E-state index in [2.05, 4.69) is 32.4 Å². The Kier molecular flexibility index (Phi) is 3.36. The molecule has 0 fully saturated rings. The maximum Gasteiger partial charge on any atom is 0.0949 e. The minimum atomic E-state index is 0.817. The molecule has 0 atom stereocenters. The average molecular weight is 237 g/mol. The molecule has 0 saturated carbocycles. The van der Waals surface area contributed by atoms with Gasteiger partial charge in [0, 0.05) is 11.4 Å². The standard InChI is InChI=1S/C14H19ClN/c1-16(2)9-3-4-13(11-16)10-12-5-7-14(15)8-6-12/h5-8,11H,3-4,9-10H2,1-2H3/q+1. The fourth-order valence-electron chi connectivity index (χ4n) is 2.34. The molecule has 1 aliphatic heterocycles. The third kappa shape index (κ3) is 3.10. The van der Waals surface area contributed by atoms with E-state index in [1.165, 1.54) is 24.9 Å². The molecule has 86 valence electrons. The molecular weight excluding hydrogens is 218 g/mol. The molecule has 1 heterocycles. The van der Waals surface area contributed by atoms with E-state index >= 15 is 0 Å². The lowest BCUT2D eigenvalue weighted by atomic mass is 9.99. The molecule has 0 unspecified atom stereocenters. The summed E-state index contributed by atoms with van der Waals surface area (Å²) in [6.07, 6.45) is 6.01. The Hall–Kier alpha value is -0.790. The van der Waals surface area contributed by atoms with Crippen LogP contribution in [0.2, 0.25) is 5.02 Å². The van der Waals surface area contributed by atoms with Gasteiger partial charge in [-0.05, 0) is 36.1 Å². The molecule has 0 aromatic heterocycles. The summed E-state index contributed by atoms with van der Waals surface area (Å²) in [7, 11) is 4.53. The molecule has 16 heavy (non-hydrogen) atoms. The number of rotatable bonds is 2. The number of halogens is 1. The van der Waals surface area contributed by atoms with Gasteiger partial charge in [0.1, 0.15) is 0 Å². The molecular formula is C14H19ClN+. The van der Waals surface area contributed by atoms with Gasteiger partial charge in [-0.2, -0.15) is 0 Å². The lowest BCUT2D eigenvalue weighted by molar-refractivity contribution is -0.841. The molecule has 1 aliphatic rings. The van der Waals surface area contributed by atoms with Gasteiger partial charge < -0.3 is 4.48 Å². The topological polar surface area (TPSA) is 0 Å². The number of hydrogen-bond acceptors (Lipinski definition) is 0. The zero-order valence-corrected chi connectivity index (χ0v) is 10.8. The monoisotopic (exact) mass is 236 g/mol. The zero-order valence-electron chi connectivity index (χ0n) is 10.0. The molecule has 0 saturated heterocycles. The van der Waals surface area contributed by atoms with Crippen molar-refractivity contribution >= 4 is 11.6 Å². The number of hydrogen-bond donors (Lipinski definition) is 0. The van der Waals surface area contributed by atoms with Crippen LogP contribution >= 0.6 is 11.6 Å². The Morgan fingerprint density at radius 2 is 1.88 bits per heavy atom. The van der Waals surface area contributed by atoms with Gasteiger partial charge in [0.25, 0.3) is 0 Å². The Balaban J connectivity index is 2.10. The first-order valence-electron chi connectivity index (χ1n) is 5.83. The van der Waals surface area contributed by atoms with Crippen molar-refractivity contribution < 1.29 is 4.48 Å². The summed E-state index contributed by atoms with van der Waals surface area (Å²) in [6.45, 7) is 1.25. The van der Waals surface area contributed by atoms with Gasteiger partial charge in [0.2, 0.25) is 0 Å². The van der Waals surface area contributed by atoms with Gasteiger partial charge >= 0.3 is 0 Å². The van der Waals surface area contributed by atoms with Gasteiger partial charge in [0.05, 0.1) is 26.8 Å². The molecule has 0 amide bonds. The first kappa shape index (κ1) is 11.7.